The Bertz CT molecular complexity index is 2060. The number of benzene rings is 2. The van der Waals surface area contributed by atoms with Crippen molar-refractivity contribution >= 4 is 33.0 Å². The van der Waals surface area contributed by atoms with Crippen LogP contribution in [0, 0.1) is 19.7 Å². The lowest BCUT2D eigenvalue weighted by atomic mass is 9.94. The maximum absolute atomic E-state index is 15.1. The lowest BCUT2D eigenvalue weighted by Crippen LogP contribution is -2.22. The van der Waals surface area contributed by atoms with E-state index >= 15 is 4.39 Å². The van der Waals surface area contributed by atoms with Crippen molar-refractivity contribution < 1.29 is 9.13 Å². The summed E-state index contributed by atoms with van der Waals surface area (Å²) < 4.78 is 24.4. The standard InChI is InChI=1S/C32H29FN6O2S/c1-4-24(22-14-26-38(18(3)15-42-26)32(40)27(22)19-7-5-6-17(2)12-19)39-31-28(30(34)35-16-36-31)29(37-39)20-8-11-25(23(33)13-20)41-21-9-10-21/h5-8,11-16,21,24H,4,9-10H2,1-3H3,(H2,34,35,36)/t24-/m0/s1. The number of ether oxygens (including phenoxy) is 1. The summed E-state index contributed by atoms with van der Waals surface area (Å²) in [4.78, 5) is 23.8. The molecule has 0 radical (unpaired) electrons. The van der Waals surface area contributed by atoms with Crippen LogP contribution < -0.4 is 16.0 Å². The number of hydrogen-bond acceptors (Lipinski definition) is 7. The predicted octanol–water partition coefficient (Wildman–Crippen LogP) is 6.71. The average Bonchev–Trinajstić information content (AvgIpc) is 3.59. The van der Waals surface area contributed by atoms with Gasteiger partial charge in [0.2, 0.25) is 0 Å². The Hall–Kier alpha value is -4.57. The molecule has 42 heavy (non-hydrogen) atoms. The molecular weight excluding hydrogens is 551 g/mol. The molecule has 0 spiro atoms. The Morgan fingerprint density at radius 2 is 1.95 bits per heavy atom. The van der Waals surface area contributed by atoms with Crippen molar-refractivity contribution in [1.82, 2.24) is 24.1 Å². The van der Waals surface area contributed by atoms with Gasteiger partial charge < -0.3 is 10.5 Å². The zero-order valence-electron chi connectivity index (χ0n) is 23.5. The molecule has 1 aliphatic carbocycles. The van der Waals surface area contributed by atoms with Crippen molar-refractivity contribution in [1.29, 1.82) is 0 Å². The quantitative estimate of drug-likeness (QED) is 0.225. The van der Waals surface area contributed by atoms with Gasteiger partial charge in [0.05, 0.1) is 23.1 Å². The number of nitrogens with two attached hydrogens (primary N) is 1. The van der Waals surface area contributed by atoms with Gasteiger partial charge in [-0.05, 0) is 68.5 Å². The Labute approximate surface area is 245 Å². The first-order valence-electron chi connectivity index (χ1n) is 14.0. The van der Waals surface area contributed by atoms with E-state index in [-0.39, 0.29) is 29.3 Å². The number of halogens is 1. The molecule has 8 nitrogen and oxygen atoms in total. The van der Waals surface area contributed by atoms with Gasteiger partial charge in [-0.25, -0.2) is 19.0 Å². The Balaban J connectivity index is 1.46. The van der Waals surface area contributed by atoms with E-state index in [4.69, 9.17) is 15.6 Å². The van der Waals surface area contributed by atoms with Crippen molar-refractivity contribution in [2.24, 2.45) is 0 Å². The molecule has 1 aliphatic rings. The van der Waals surface area contributed by atoms with Gasteiger partial charge in [0, 0.05) is 16.6 Å². The first-order valence-corrected chi connectivity index (χ1v) is 14.9. The van der Waals surface area contributed by atoms with Crippen LogP contribution in [0.4, 0.5) is 10.2 Å². The zero-order valence-corrected chi connectivity index (χ0v) is 24.3. The molecule has 0 unspecified atom stereocenters. The summed E-state index contributed by atoms with van der Waals surface area (Å²) in [5, 5.41) is 7.52. The van der Waals surface area contributed by atoms with Gasteiger partial charge in [0.1, 0.15) is 22.7 Å². The first kappa shape index (κ1) is 26.3. The summed E-state index contributed by atoms with van der Waals surface area (Å²) in [5.41, 5.74) is 12.1. The van der Waals surface area contributed by atoms with E-state index in [0.29, 0.717) is 34.3 Å². The molecule has 2 aromatic carbocycles. The third-order valence-corrected chi connectivity index (χ3v) is 8.80. The molecule has 2 N–H and O–H groups in total. The van der Waals surface area contributed by atoms with Crippen molar-refractivity contribution in [2.75, 3.05) is 5.73 Å². The van der Waals surface area contributed by atoms with Crippen LogP contribution in [-0.2, 0) is 0 Å². The summed E-state index contributed by atoms with van der Waals surface area (Å²) in [6.45, 7) is 6.00. The topological polar surface area (TPSA) is 100 Å². The van der Waals surface area contributed by atoms with E-state index < -0.39 is 5.82 Å². The molecule has 0 amide bonds. The second-order valence-corrected chi connectivity index (χ2v) is 11.7. The van der Waals surface area contributed by atoms with Crippen molar-refractivity contribution in [3.8, 4) is 28.1 Å². The zero-order chi connectivity index (χ0) is 29.1. The Morgan fingerprint density at radius 1 is 1.12 bits per heavy atom. The third-order valence-electron chi connectivity index (χ3n) is 7.80. The number of nitrogens with zero attached hydrogens (tertiary/aromatic N) is 5. The maximum Gasteiger partial charge on any atom is 0.264 e. The van der Waals surface area contributed by atoms with Gasteiger partial charge in [-0.2, -0.15) is 5.10 Å². The van der Waals surface area contributed by atoms with Gasteiger partial charge in [-0.15, -0.1) is 11.3 Å². The maximum atomic E-state index is 15.1. The number of pyridine rings is 1. The normalized spacial score (nSPS) is 14.1. The Kier molecular flexibility index (Phi) is 6.31. The van der Waals surface area contributed by atoms with E-state index in [1.807, 2.05) is 50.4 Å². The fraction of sp³-hybridized carbons (Fsp3) is 0.250. The summed E-state index contributed by atoms with van der Waals surface area (Å²) in [7, 11) is 0. The lowest BCUT2D eigenvalue weighted by molar-refractivity contribution is 0.287. The molecule has 1 atom stereocenters. The molecule has 1 fully saturated rings. The number of aryl methyl sites for hydroxylation is 2. The molecule has 0 bridgehead atoms. The molecule has 212 valence electrons. The van der Waals surface area contributed by atoms with Gasteiger partial charge in [-0.3, -0.25) is 9.20 Å². The van der Waals surface area contributed by atoms with Gasteiger partial charge >= 0.3 is 0 Å². The second kappa shape index (κ2) is 10.1. The highest BCUT2D eigenvalue weighted by Gasteiger charge is 2.28. The molecule has 7 rings (SSSR count). The first-order chi connectivity index (χ1) is 20.3. The van der Waals surface area contributed by atoms with Gasteiger partial charge in [0.15, 0.2) is 17.2 Å². The Morgan fingerprint density at radius 3 is 2.69 bits per heavy atom. The van der Waals surface area contributed by atoms with E-state index in [0.717, 1.165) is 40.1 Å². The van der Waals surface area contributed by atoms with Crippen LogP contribution in [-0.4, -0.2) is 30.3 Å². The smallest absolute Gasteiger partial charge is 0.264 e. The highest BCUT2D eigenvalue weighted by atomic mass is 32.1. The molecule has 6 aromatic rings. The van der Waals surface area contributed by atoms with E-state index in [2.05, 4.69) is 16.0 Å². The minimum Gasteiger partial charge on any atom is -0.487 e. The van der Waals surface area contributed by atoms with Crippen LogP contribution in [0.2, 0.25) is 0 Å². The number of anilines is 1. The summed E-state index contributed by atoms with van der Waals surface area (Å²) in [5.74, 6) is 0.0134. The van der Waals surface area contributed by atoms with E-state index in [1.54, 1.807) is 21.2 Å². The molecule has 0 aliphatic heterocycles. The number of nitrogen functional groups attached to an aromatic ring is 1. The number of thiazole rings is 1. The van der Waals surface area contributed by atoms with E-state index in [9.17, 15) is 4.79 Å². The third kappa shape index (κ3) is 4.34. The van der Waals surface area contributed by atoms with Crippen LogP contribution in [0.5, 0.6) is 5.75 Å². The largest absolute Gasteiger partial charge is 0.487 e. The van der Waals surface area contributed by atoms with Crippen molar-refractivity contribution in [3.05, 3.63) is 93.2 Å². The fourth-order valence-corrected chi connectivity index (χ4v) is 6.55. The lowest BCUT2D eigenvalue weighted by Gasteiger charge is -2.21. The number of fused-ring (bicyclic) bond motifs is 2. The highest BCUT2D eigenvalue weighted by molar-refractivity contribution is 7.15. The average molecular weight is 581 g/mol. The van der Waals surface area contributed by atoms with Gasteiger partial charge in [-0.1, -0.05) is 36.8 Å². The molecular formula is C32H29FN6O2S. The van der Waals surface area contributed by atoms with Crippen molar-refractivity contribution in [2.45, 2.75) is 52.2 Å². The molecule has 1 saturated carbocycles. The number of hydrogen-bond donors (Lipinski definition) is 1. The highest BCUT2D eigenvalue weighted by Crippen LogP contribution is 2.39. The fourth-order valence-electron chi connectivity index (χ4n) is 5.63. The summed E-state index contributed by atoms with van der Waals surface area (Å²) in [6.07, 6.45) is 3.97. The number of rotatable bonds is 7. The van der Waals surface area contributed by atoms with Crippen LogP contribution in [0.25, 0.3) is 38.2 Å². The monoisotopic (exact) mass is 580 g/mol. The molecule has 4 aromatic heterocycles. The molecule has 4 heterocycles. The number of aromatic nitrogens is 5. The minimum atomic E-state index is -0.460. The predicted molar refractivity (Wildman–Crippen MR) is 164 cm³/mol. The summed E-state index contributed by atoms with van der Waals surface area (Å²) in [6, 6.07) is 14.5. The van der Waals surface area contributed by atoms with Gasteiger partial charge in [0.25, 0.3) is 5.56 Å². The summed E-state index contributed by atoms with van der Waals surface area (Å²) >= 11 is 1.53. The minimum absolute atomic E-state index is 0.0792. The van der Waals surface area contributed by atoms with Crippen LogP contribution >= 0.6 is 11.3 Å². The van der Waals surface area contributed by atoms with Crippen LogP contribution in [0.3, 0.4) is 0 Å². The van der Waals surface area contributed by atoms with E-state index in [1.165, 1.54) is 23.7 Å². The van der Waals surface area contributed by atoms with Crippen LogP contribution in [0.1, 0.15) is 49.0 Å². The van der Waals surface area contributed by atoms with Crippen LogP contribution in [0.15, 0.2) is 65.0 Å². The second-order valence-electron chi connectivity index (χ2n) is 10.8. The molecule has 10 heteroatoms. The molecule has 0 saturated heterocycles. The SMILES string of the molecule is CC[C@@H](c1cc2scc(C)n2c(=O)c1-c1cccc(C)c1)n1nc(-c2ccc(OC3CC3)c(F)c2)c2c(N)ncnc21. The van der Waals surface area contributed by atoms with Crippen molar-refractivity contribution in [3.63, 3.8) is 0 Å².